The second-order valence-corrected chi connectivity index (χ2v) is 2.19. The molecule has 54 valence electrons. The minimum Gasteiger partial charge on any atom is -0.318 e. The average molecular weight is 138 g/mol. The molecule has 0 fully saturated rings. The normalized spacial score (nSPS) is 13.0. The van der Waals surface area contributed by atoms with Gasteiger partial charge in [0.15, 0.2) is 0 Å². The van der Waals surface area contributed by atoms with Crippen molar-refractivity contribution in [2.24, 2.45) is 5.73 Å². The lowest BCUT2D eigenvalue weighted by atomic mass is 10.1. The van der Waals surface area contributed by atoms with Gasteiger partial charge in [0.1, 0.15) is 12.2 Å². The molecule has 1 heterocycles. The first-order chi connectivity index (χ1) is 4.72. The highest BCUT2D eigenvalue weighted by Crippen LogP contribution is 2.10. The summed E-state index contributed by atoms with van der Waals surface area (Å²) < 4.78 is 0. The van der Waals surface area contributed by atoms with Crippen LogP contribution in [-0.2, 0) is 0 Å². The number of hydrogen-bond donors (Lipinski definition) is 2. The topological polar surface area (TPSA) is 67.6 Å². The first kappa shape index (κ1) is 6.95. The van der Waals surface area contributed by atoms with Gasteiger partial charge in [0.25, 0.3) is 0 Å². The fourth-order valence-corrected chi connectivity index (χ4v) is 0.598. The lowest BCUT2D eigenvalue weighted by molar-refractivity contribution is 0.773. The van der Waals surface area contributed by atoms with Crippen molar-refractivity contribution in [2.45, 2.75) is 13.0 Å². The third-order valence-corrected chi connectivity index (χ3v) is 1.26. The quantitative estimate of drug-likeness (QED) is 0.580. The maximum absolute atomic E-state index is 5.65. The van der Waals surface area contributed by atoms with Crippen LogP contribution in [0.25, 0.3) is 0 Å². The molecule has 0 spiro atoms. The highest BCUT2D eigenvalue weighted by molar-refractivity contribution is 5.09. The van der Waals surface area contributed by atoms with Crippen LogP contribution >= 0.6 is 0 Å². The van der Waals surface area contributed by atoms with Crippen LogP contribution in [0, 0.1) is 0 Å². The van der Waals surface area contributed by atoms with Crippen LogP contribution in [0.3, 0.4) is 0 Å². The molecule has 1 aromatic heterocycles. The van der Waals surface area contributed by atoms with Crippen molar-refractivity contribution in [3.05, 3.63) is 24.3 Å². The fraction of sp³-hybridized carbons (Fsp3) is 0.333. The maximum Gasteiger partial charge on any atom is 0.145 e. The summed E-state index contributed by atoms with van der Waals surface area (Å²) in [6, 6.07) is -0.220. The van der Waals surface area contributed by atoms with Gasteiger partial charge in [-0.15, -0.1) is 0 Å². The summed E-state index contributed by atoms with van der Waals surface area (Å²) in [6.07, 6.45) is 1.43. The highest BCUT2D eigenvalue weighted by atomic mass is 15.2. The Labute approximate surface area is 59.2 Å². The van der Waals surface area contributed by atoms with Gasteiger partial charge in [0.05, 0.1) is 6.04 Å². The minimum atomic E-state index is -0.220. The summed E-state index contributed by atoms with van der Waals surface area (Å²) in [5.74, 6) is 0.660. The van der Waals surface area contributed by atoms with Crippen molar-refractivity contribution >= 4 is 0 Å². The van der Waals surface area contributed by atoms with Crippen molar-refractivity contribution in [2.75, 3.05) is 0 Å². The van der Waals surface area contributed by atoms with Crippen molar-refractivity contribution < 1.29 is 0 Å². The molecule has 10 heavy (non-hydrogen) atoms. The lowest BCUT2D eigenvalue weighted by Crippen LogP contribution is -2.12. The third kappa shape index (κ3) is 1.22. The minimum absolute atomic E-state index is 0.220. The van der Waals surface area contributed by atoms with Gasteiger partial charge in [-0.25, -0.2) is 4.98 Å². The van der Waals surface area contributed by atoms with E-state index in [9.17, 15) is 0 Å². The Morgan fingerprint density at radius 3 is 3.00 bits per heavy atom. The zero-order valence-electron chi connectivity index (χ0n) is 5.83. The van der Waals surface area contributed by atoms with E-state index in [-0.39, 0.29) is 6.04 Å². The van der Waals surface area contributed by atoms with Gasteiger partial charge < -0.3 is 5.73 Å². The summed E-state index contributed by atoms with van der Waals surface area (Å²) in [5.41, 5.74) is 6.52. The van der Waals surface area contributed by atoms with E-state index in [2.05, 4.69) is 21.8 Å². The molecule has 1 atom stereocenters. The van der Waals surface area contributed by atoms with Crippen LogP contribution in [-0.4, -0.2) is 15.2 Å². The van der Waals surface area contributed by atoms with Gasteiger partial charge in [-0.2, -0.15) is 5.10 Å². The zero-order chi connectivity index (χ0) is 7.56. The van der Waals surface area contributed by atoms with Crippen LogP contribution in [0.4, 0.5) is 0 Å². The van der Waals surface area contributed by atoms with Gasteiger partial charge >= 0.3 is 0 Å². The first-order valence-corrected chi connectivity index (χ1v) is 2.98. The van der Waals surface area contributed by atoms with E-state index in [0.29, 0.717) is 5.82 Å². The third-order valence-electron chi connectivity index (χ3n) is 1.26. The lowest BCUT2D eigenvalue weighted by Gasteiger charge is -2.05. The Bertz CT molecular complexity index is 214. The Morgan fingerprint density at radius 1 is 1.90 bits per heavy atom. The summed E-state index contributed by atoms with van der Waals surface area (Å²) >= 11 is 0. The van der Waals surface area contributed by atoms with E-state index in [1.165, 1.54) is 6.33 Å². The smallest absolute Gasteiger partial charge is 0.145 e. The average Bonchev–Trinajstić information content (AvgIpc) is 2.36. The number of nitrogens with two attached hydrogens (primary N) is 1. The second kappa shape index (κ2) is 2.62. The molecule has 0 saturated heterocycles. The second-order valence-electron chi connectivity index (χ2n) is 2.19. The molecule has 0 saturated carbocycles. The molecule has 0 bridgehead atoms. The van der Waals surface area contributed by atoms with Crippen LogP contribution in [0.1, 0.15) is 18.8 Å². The number of hydrogen-bond acceptors (Lipinski definition) is 3. The van der Waals surface area contributed by atoms with Crippen LogP contribution in [0.5, 0.6) is 0 Å². The molecule has 4 nitrogen and oxygen atoms in total. The van der Waals surface area contributed by atoms with E-state index < -0.39 is 0 Å². The zero-order valence-corrected chi connectivity index (χ0v) is 5.83. The Kier molecular flexibility index (Phi) is 1.82. The largest absolute Gasteiger partial charge is 0.318 e. The first-order valence-electron chi connectivity index (χ1n) is 2.98. The number of nitrogens with one attached hydrogen (secondary N) is 1. The van der Waals surface area contributed by atoms with Gasteiger partial charge in [-0.05, 0) is 6.92 Å². The molecule has 0 aliphatic rings. The van der Waals surface area contributed by atoms with Crippen molar-refractivity contribution in [3.63, 3.8) is 0 Å². The predicted molar refractivity (Wildman–Crippen MR) is 38.1 cm³/mol. The number of aromatic nitrogens is 3. The molecule has 0 aliphatic carbocycles. The van der Waals surface area contributed by atoms with Crippen molar-refractivity contribution in [1.29, 1.82) is 0 Å². The van der Waals surface area contributed by atoms with Gasteiger partial charge in [0.2, 0.25) is 0 Å². The molecule has 1 unspecified atom stereocenters. The monoisotopic (exact) mass is 138 g/mol. The molecule has 0 aromatic carbocycles. The molecule has 1 aromatic rings. The molecule has 4 heteroatoms. The number of nitrogens with zero attached hydrogens (tertiary/aromatic N) is 2. The molecule has 0 radical (unpaired) electrons. The van der Waals surface area contributed by atoms with Crippen LogP contribution < -0.4 is 5.73 Å². The van der Waals surface area contributed by atoms with Gasteiger partial charge in [-0.1, -0.05) is 12.2 Å². The molecule has 0 amide bonds. The van der Waals surface area contributed by atoms with Gasteiger partial charge in [-0.3, -0.25) is 5.10 Å². The fourth-order valence-electron chi connectivity index (χ4n) is 0.598. The molecular formula is C6H10N4. The van der Waals surface area contributed by atoms with E-state index in [0.717, 1.165) is 5.57 Å². The molecule has 0 aliphatic heterocycles. The molecule has 1 rings (SSSR count). The summed E-state index contributed by atoms with van der Waals surface area (Å²) in [6.45, 7) is 5.55. The SMILES string of the molecule is C=C(C)C(N)c1ncn[nH]1. The number of aromatic amines is 1. The summed E-state index contributed by atoms with van der Waals surface area (Å²) in [7, 11) is 0. The van der Waals surface area contributed by atoms with Crippen molar-refractivity contribution in [3.8, 4) is 0 Å². The van der Waals surface area contributed by atoms with Gasteiger partial charge in [0, 0.05) is 0 Å². The van der Waals surface area contributed by atoms with Crippen LogP contribution in [0.2, 0.25) is 0 Å². The van der Waals surface area contributed by atoms with E-state index in [4.69, 9.17) is 5.73 Å². The summed E-state index contributed by atoms with van der Waals surface area (Å²) in [4.78, 5) is 3.88. The highest BCUT2D eigenvalue weighted by Gasteiger charge is 2.07. The summed E-state index contributed by atoms with van der Waals surface area (Å²) in [5, 5.41) is 6.34. The van der Waals surface area contributed by atoms with E-state index in [1.807, 2.05) is 6.92 Å². The van der Waals surface area contributed by atoms with E-state index in [1.54, 1.807) is 0 Å². The maximum atomic E-state index is 5.65. The predicted octanol–water partition coefficient (Wildman–Crippen LogP) is 0.381. The Hall–Kier alpha value is -1.16. The molecule has 3 N–H and O–H groups in total. The Morgan fingerprint density at radius 2 is 2.60 bits per heavy atom. The van der Waals surface area contributed by atoms with Crippen molar-refractivity contribution in [1.82, 2.24) is 15.2 Å². The number of H-pyrrole nitrogens is 1. The number of rotatable bonds is 2. The molecular weight excluding hydrogens is 128 g/mol. The van der Waals surface area contributed by atoms with Crippen LogP contribution in [0.15, 0.2) is 18.5 Å². The van der Waals surface area contributed by atoms with E-state index >= 15 is 0 Å². The standard InChI is InChI=1S/C6H10N4/c1-4(2)5(7)6-8-3-9-10-6/h3,5H,1,7H2,2H3,(H,8,9,10). The Balaban J connectivity index is 2.77.